The highest BCUT2D eigenvalue weighted by Crippen LogP contribution is 2.20. The van der Waals surface area contributed by atoms with Gasteiger partial charge in [-0.25, -0.2) is 9.97 Å². The summed E-state index contributed by atoms with van der Waals surface area (Å²) in [5, 5.41) is 0.533. The summed E-state index contributed by atoms with van der Waals surface area (Å²) in [6, 6.07) is 0. The zero-order valence-corrected chi connectivity index (χ0v) is 10.2. The quantitative estimate of drug-likeness (QED) is 0.744. The number of hydrogen-bond acceptors (Lipinski definition) is 4. The molecule has 0 aliphatic carbocycles. The topological polar surface area (TPSA) is 29.0 Å². The van der Waals surface area contributed by atoms with Crippen molar-refractivity contribution in [2.45, 2.75) is 6.92 Å². The maximum absolute atomic E-state index is 5.91. The molecule has 0 spiro atoms. The summed E-state index contributed by atoms with van der Waals surface area (Å²) in [5.74, 6) is 2.00. The first-order valence-corrected chi connectivity index (χ1v) is 6.11. The van der Waals surface area contributed by atoms with Gasteiger partial charge in [0.1, 0.15) is 17.3 Å². The average Bonchev–Trinajstić information content (AvgIpc) is 2.18. The molecule has 0 amide bonds. The van der Waals surface area contributed by atoms with Crippen LogP contribution in [0.1, 0.15) is 5.56 Å². The van der Waals surface area contributed by atoms with Crippen LogP contribution in [0.2, 0.25) is 5.15 Å². The zero-order valence-electron chi connectivity index (χ0n) is 8.62. The first kappa shape index (κ1) is 11.6. The van der Waals surface area contributed by atoms with Crippen LogP contribution in [0.15, 0.2) is 6.33 Å². The molecule has 1 rings (SSSR count). The van der Waals surface area contributed by atoms with Gasteiger partial charge in [-0.15, -0.1) is 0 Å². The van der Waals surface area contributed by atoms with Gasteiger partial charge in [0, 0.05) is 24.9 Å². The van der Waals surface area contributed by atoms with Gasteiger partial charge >= 0.3 is 0 Å². The molecule has 0 unspecified atom stereocenters. The molecule has 14 heavy (non-hydrogen) atoms. The monoisotopic (exact) mass is 231 g/mol. The molecule has 3 nitrogen and oxygen atoms in total. The van der Waals surface area contributed by atoms with Crippen LogP contribution in [0.25, 0.3) is 0 Å². The van der Waals surface area contributed by atoms with Gasteiger partial charge in [0.2, 0.25) is 0 Å². The van der Waals surface area contributed by atoms with E-state index in [1.807, 2.05) is 25.7 Å². The van der Waals surface area contributed by atoms with Crippen LogP contribution in [0, 0.1) is 6.92 Å². The Labute approximate surface area is 93.9 Å². The van der Waals surface area contributed by atoms with Gasteiger partial charge in [-0.3, -0.25) is 0 Å². The predicted molar refractivity (Wildman–Crippen MR) is 63.4 cm³/mol. The third-order valence-electron chi connectivity index (χ3n) is 1.99. The van der Waals surface area contributed by atoms with Crippen molar-refractivity contribution in [3.8, 4) is 0 Å². The van der Waals surface area contributed by atoms with Crippen molar-refractivity contribution >= 4 is 29.2 Å². The van der Waals surface area contributed by atoms with E-state index in [2.05, 4.69) is 21.1 Å². The van der Waals surface area contributed by atoms with E-state index in [1.165, 1.54) is 6.33 Å². The number of nitrogens with zero attached hydrogens (tertiary/aromatic N) is 3. The van der Waals surface area contributed by atoms with E-state index < -0.39 is 0 Å². The highest BCUT2D eigenvalue weighted by Gasteiger charge is 2.08. The lowest BCUT2D eigenvalue weighted by atomic mass is 10.3. The molecule has 0 atom stereocenters. The molecular formula is C9H14ClN3S. The molecule has 78 valence electrons. The Morgan fingerprint density at radius 2 is 2.21 bits per heavy atom. The minimum Gasteiger partial charge on any atom is -0.358 e. The maximum atomic E-state index is 5.91. The number of hydrogen-bond donors (Lipinski definition) is 0. The Morgan fingerprint density at radius 1 is 1.50 bits per heavy atom. The van der Waals surface area contributed by atoms with Crippen LogP contribution in [0.4, 0.5) is 5.82 Å². The Morgan fingerprint density at radius 3 is 2.86 bits per heavy atom. The Hall–Kier alpha value is -0.480. The fourth-order valence-corrected chi connectivity index (χ4v) is 1.72. The zero-order chi connectivity index (χ0) is 10.6. The number of thioether (sulfide) groups is 1. The third-order valence-corrected chi connectivity index (χ3v) is 2.96. The highest BCUT2D eigenvalue weighted by molar-refractivity contribution is 7.98. The summed E-state index contributed by atoms with van der Waals surface area (Å²) in [5.41, 5.74) is 0.942. The second-order valence-electron chi connectivity index (χ2n) is 3.03. The molecule has 1 aromatic heterocycles. The molecule has 0 aliphatic rings. The molecule has 1 heterocycles. The van der Waals surface area contributed by atoms with Gasteiger partial charge in [-0.05, 0) is 13.2 Å². The highest BCUT2D eigenvalue weighted by atomic mass is 35.5. The first-order chi connectivity index (χ1) is 6.66. The Balaban J connectivity index is 2.79. The van der Waals surface area contributed by atoms with Crippen molar-refractivity contribution in [3.05, 3.63) is 17.0 Å². The van der Waals surface area contributed by atoms with Crippen LogP contribution >= 0.6 is 23.4 Å². The van der Waals surface area contributed by atoms with E-state index in [0.29, 0.717) is 5.15 Å². The fraction of sp³-hybridized carbons (Fsp3) is 0.556. The normalized spacial score (nSPS) is 10.3. The van der Waals surface area contributed by atoms with E-state index in [0.717, 1.165) is 23.7 Å². The van der Waals surface area contributed by atoms with Gasteiger partial charge < -0.3 is 4.90 Å². The summed E-state index contributed by atoms with van der Waals surface area (Å²) in [7, 11) is 2.02. The van der Waals surface area contributed by atoms with Crippen molar-refractivity contribution < 1.29 is 0 Å². The summed E-state index contributed by atoms with van der Waals surface area (Å²) >= 11 is 7.73. The number of anilines is 1. The van der Waals surface area contributed by atoms with Gasteiger partial charge in [0.05, 0.1) is 0 Å². The molecule has 0 fully saturated rings. The number of rotatable bonds is 4. The maximum Gasteiger partial charge on any atom is 0.137 e. The van der Waals surface area contributed by atoms with E-state index in [-0.39, 0.29) is 0 Å². The largest absolute Gasteiger partial charge is 0.358 e. The second-order valence-corrected chi connectivity index (χ2v) is 4.37. The van der Waals surface area contributed by atoms with E-state index >= 15 is 0 Å². The number of aromatic nitrogens is 2. The minimum atomic E-state index is 0.533. The Kier molecular flexibility index (Phi) is 4.48. The van der Waals surface area contributed by atoms with Crippen molar-refractivity contribution in [2.24, 2.45) is 0 Å². The lowest BCUT2D eigenvalue weighted by molar-refractivity contribution is 0.925. The first-order valence-electron chi connectivity index (χ1n) is 4.34. The smallest absolute Gasteiger partial charge is 0.137 e. The van der Waals surface area contributed by atoms with Crippen molar-refractivity contribution in [1.82, 2.24) is 9.97 Å². The summed E-state index contributed by atoms with van der Waals surface area (Å²) < 4.78 is 0. The minimum absolute atomic E-state index is 0.533. The molecule has 1 aromatic rings. The van der Waals surface area contributed by atoms with Crippen molar-refractivity contribution in [2.75, 3.05) is 30.5 Å². The molecule has 0 bridgehead atoms. The predicted octanol–water partition coefficient (Wildman–Crippen LogP) is 2.24. The molecule has 5 heteroatoms. The van der Waals surface area contributed by atoms with E-state index in [4.69, 9.17) is 11.6 Å². The van der Waals surface area contributed by atoms with E-state index in [9.17, 15) is 0 Å². The average molecular weight is 232 g/mol. The number of halogens is 1. The lowest BCUT2D eigenvalue weighted by Gasteiger charge is -2.19. The molecule has 0 N–H and O–H groups in total. The summed E-state index contributed by atoms with van der Waals surface area (Å²) in [6.07, 6.45) is 3.59. The molecule has 0 aromatic carbocycles. The molecular weight excluding hydrogens is 218 g/mol. The molecule has 0 aliphatic heterocycles. The molecule has 0 saturated heterocycles. The summed E-state index contributed by atoms with van der Waals surface area (Å²) in [6.45, 7) is 2.91. The molecule has 0 saturated carbocycles. The van der Waals surface area contributed by atoms with Gasteiger partial charge in [0.15, 0.2) is 0 Å². The van der Waals surface area contributed by atoms with Crippen LogP contribution in [0.3, 0.4) is 0 Å². The van der Waals surface area contributed by atoms with Gasteiger partial charge in [-0.1, -0.05) is 11.6 Å². The SMILES string of the molecule is CSCCN(C)c1ncnc(Cl)c1C. The van der Waals surface area contributed by atoms with E-state index in [1.54, 1.807) is 0 Å². The van der Waals surface area contributed by atoms with Crippen LogP contribution < -0.4 is 4.90 Å². The van der Waals surface area contributed by atoms with Gasteiger partial charge in [0.25, 0.3) is 0 Å². The van der Waals surface area contributed by atoms with Crippen LogP contribution in [-0.2, 0) is 0 Å². The molecule has 0 radical (unpaired) electrons. The standard InChI is InChI=1S/C9H14ClN3S/c1-7-8(10)11-6-12-9(7)13(2)4-5-14-3/h6H,4-5H2,1-3H3. The Bertz CT molecular complexity index is 306. The summed E-state index contributed by atoms with van der Waals surface area (Å²) in [4.78, 5) is 10.2. The van der Waals surface area contributed by atoms with Crippen molar-refractivity contribution in [1.29, 1.82) is 0 Å². The van der Waals surface area contributed by atoms with Gasteiger partial charge in [-0.2, -0.15) is 11.8 Å². The van der Waals surface area contributed by atoms with Crippen LogP contribution in [-0.4, -0.2) is 35.6 Å². The van der Waals surface area contributed by atoms with Crippen molar-refractivity contribution in [3.63, 3.8) is 0 Å². The fourth-order valence-electron chi connectivity index (χ4n) is 1.14. The van der Waals surface area contributed by atoms with Crippen LogP contribution in [0.5, 0.6) is 0 Å². The third kappa shape index (κ3) is 2.75. The second kappa shape index (κ2) is 5.41. The lowest BCUT2D eigenvalue weighted by Crippen LogP contribution is -2.22.